The summed E-state index contributed by atoms with van der Waals surface area (Å²) in [5.74, 6) is 1.67. The Morgan fingerprint density at radius 1 is 1.28 bits per heavy atom. The van der Waals surface area contributed by atoms with Gasteiger partial charge in [0.25, 0.3) is 5.91 Å². The first-order valence-electron chi connectivity index (χ1n) is 11.0. The number of aromatic nitrogens is 5. The van der Waals surface area contributed by atoms with Crippen molar-refractivity contribution in [2.24, 2.45) is 7.05 Å². The van der Waals surface area contributed by atoms with Gasteiger partial charge in [0.05, 0.1) is 18.3 Å². The monoisotopic (exact) mass is 454 g/mol. The number of nitrogens with one attached hydrogen (secondary N) is 1. The van der Waals surface area contributed by atoms with Gasteiger partial charge in [-0.1, -0.05) is 23.9 Å². The quantitative estimate of drug-likeness (QED) is 0.500. The molecule has 32 heavy (non-hydrogen) atoms. The van der Waals surface area contributed by atoms with Crippen LogP contribution in [0.3, 0.4) is 0 Å². The van der Waals surface area contributed by atoms with E-state index in [2.05, 4.69) is 26.7 Å². The first-order chi connectivity index (χ1) is 15.5. The molecule has 8 nitrogen and oxygen atoms in total. The Kier molecular flexibility index (Phi) is 7.26. The summed E-state index contributed by atoms with van der Waals surface area (Å²) in [7, 11) is 1.97. The molecule has 4 rings (SSSR count). The normalized spacial score (nSPS) is 15.9. The van der Waals surface area contributed by atoms with Gasteiger partial charge in [-0.15, -0.1) is 10.2 Å². The zero-order valence-electron chi connectivity index (χ0n) is 18.9. The van der Waals surface area contributed by atoms with Crippen LogP contribution in [0, 0.1) is 13.8 Å². The van der Waals surface area contributed by atoms with E-state index in [-0.39, 0.29) is 5.91 Å². The summed E-state index contributed by atoms with van der Waals surface area (Å²) in [6.07, 6.45) is 3.20. The molecule has 1 fully saturated rings. The van der Waals surface area contributed by atoms with Crippen LogP contribution in [0.4, 0.5) is 0 Å². The van der Waals surface area contributed by atoms with E-state index in [0.29, 0.717) is 31.2 Å². The highest BCUT2D eigenvalue weighted by Gasteiger charge is 2.18. The Labute approximate surface area is 192 Å². The molecule has 3 aromatic rings. The van der Waals surface area contributed by atoms with E-state index in [1.807, 2.05) is 54.4 Å². The molecule has 0 bridgehead atoms. The maximum absolute atomic E-state index is 12.7. The van der Waals surface area contributed by atoms with Crippen LogP contribution >= 0.6 is 11.8 Å². The molecule has 1 atom stereocenters. The summed E-state index contributed by atoms with van der Waals surface area (Å²) in [6, 6.07) is 9.74. The van der Waals surface area contributed by atoms with Crippen LogP contribution in [0.1, 0.15) is 46.0 Å². The lowest BCUT2D eigenvalue weighted by Gasteiger charge is -2.09. The number of amides is 1. The Balaban J connectivity index is 1.28. The number of benzene rings is 1. The highest BCUT2D eigenvalue weighted by atomic mass is 32.2. The van der Waals surface area contributed by atoms with Crippen LogP contribution in [0.15, 0.2) is 35.5 Å². The average Bonchev–Trinajstić information content (AvgIpc) is 3.49. The summed E-state index contributed by atoms with van der Waals surface area (Å²) >= 11 is 1.68. The smallest absolute Gasteiger partial charge is 0.251 e. The third-order valence-corrected chi connectivity index (χ3v) is 6.76. The molecule has 0 radical (unpaired) electrons. The van der Waals surface area contributed by atoms with Gasteiger partial charge in [0.2, 0.25) is 0 Å². The van der Waals surface area contributed by atoms with E-state index in [4.69, 9.17) is 4.74 Å². The van der Waals surface area contributed by atoms with Gasteiger partial charge in [-0.05, 0) is 50.5 Å². The molecule has 0 aliphatic carbocycles. The zero-order valence-corrected chi connectivity index (χ0v) is 19.7. The lowest BCUT2D eigenvalue weighted by molar-refractivity contribution is 0.0953. The predicted octanol–water partition coefficient (Wildman–Crippen LogP) is 2.92. The Morgan fingerprint density at radius 2 is 2.16 bits per heavy atom. The molecule has 3 heterocycles. The number of aryl methyl sites for hydroxylation is 2. The zero-order chi connectivity index (χ0) is 22.5. The van der Waals surface area contributed by atoms with E-state index in [1.54, 1.807) is 11.8 Å². The van der Waals surface area contributed by atoms with Crippen molar-refractivity contribution in [1.82, 2.24) is 29.9 Å². The molecule has 1 saturated heterocycles. The summed E-state index contributed by atoms with van der Waals surface area (Å²) < 4.78 is 9.63. The van der Waals surface area contributed by atoms with Crippen LogP contribution in [-0.2, 0) is 24.8 Å². The van der Waals surface area contributed by atoms with Crippen molar-refractivity contribution < 1.29 is 9.53 Å². The fourth-order valence-electron chi connectivity index (χ4n) is 3.84. The lowest BCUT2D eigenvalue weighted by atomic mass is 10.1. The molecule has 1 amide bonds. The number of carbonyl (C=O) groups is 1. The second-order valence-corrected chi connectivity index (χ2v) is 9.18. The van der Waals surface area contributed by atoms with E-state index in [0.717, 1.165) is 53.1 Å². The van der Waals surface area contributed by atoms with Gasteiger partial charge in [-0.25, -0.2) is 0 Å². The van der Waals surface area contributed by atoms with Crippen LogP contribution in [-0.4, -0.2) is 55.5 Å². The van der Waals surface area contributed by atoms with Crippen molar-refractivity contribution in [1.29, 1.82) is 0 Å². The Bertz CT molecular complexity index is 1070. The van der Waals surface area contributed by atoms with Gasteiger partial charge in [-0.2, -0.15) is 5.10 Å². The molecule has 1 aliphatic heterocycles. The van der Waals surface area contributed by atoms with Crippen LogP contribution in [0.5, 0.6) is 0 Å². The lowest BCUT2D eigenvalue weighted by Crippen LogP contribution is -2.26. The van der Waals surface area contributed by atoms with Crippen molar-refractivity contribution in [3.63, 3.8) is 0 Å². The Morgan fingerprint density at radius 3 is 2.91 bits per heavy atom. The molecule has 1 aromatic carbocycles. The Hall–Kier alpha value is -2.65. The molecule has 9 heteroatoms. The molecule has 1 N–H and O–H groups in total. The number of hydrogen-bond acceptors (Lipinski definition) is 6. The van der Waals surface area contributed by atoms with Crippen LogP contribution < -0.4 is 5.32 Å². The highest BCUT2D eigenvalue weighted by molar-refractivity contribution is 7.99. The number of carbonyl (C=O) groups excluding carboxylic acids is 1. The van der Waals surface area contributed by atoms with Crippen LogP contribution in [0.25, 0.3) is 0 Å². The fraction of sp³-hybridized carbons (Fsp3) is 0.478. The van der Waals surface area contributed by atoms with Gasteiger partial charge in [-0.3, -0.25) is 9.48 Å². The molecule has 1 aliphatic rings. The highest BCUT2D eigenvalue weighted by Crippen LogP contribution is 2.22. The largest absolute Gasteiger partial charge is 0.377 e. The van der Waals surface area contributed by atoms with Crippen molar-refractivity contribution in [3.8, 4) is 0 Å². The molecular weight excluding hydrogens is 424 g/mol. The first-order valence-corrected chi connectivity index (χ1v) is 12.0. The molecule has 170 valence electrons. The summed E-state index contributed by atoms with van der Waals surface area (Å²) in [5, 5.41) is 17.0. The average molecular weight is 455 g/mol. The topological polar surface area (TPSA) is 86.9 Å². The van der Waals surface area contributed by atoms with Crippen molar-refractivity contribution >= 4 is 17.7 Å². The van der Waals surface area contributed by atoms with E-state index in [9.17, 15) is 4.79 Å². The number of thioether (sulfide) groups is 1. The first kappa shape index (κ1) is 22.5. The number of nitrogens with zero attached hydrogens (tertiary/aromatic N) is 5. The molecule has 2 aromatic heterocycles. The van der Waals surface area contributed by atoms with Gasteiger partial charge in [0.1, 0.15) is 5.82 Å². The van der Waals surface area contributed by atoms with E-state index >= 15 is 0 Å². The molecule has 0 saturated carbocycles. The van der Waals surface area contributed by atoms with Gasteiger partial charge in [0.15, 0.2) is 5.16 Å². The van der Waals surface area contributed by atoms with E-state index in [1.165, 1.54) is 0 Å². The maximum Gasteiger partial charge on any atom is 0.251 e. The molecular formula is C23H30N6O2S. The van der Waals surface area contributed by atoms with Gasteiger partial charge >= 0.3 is 0 Å². The molecule has 0 spiro atoms. The summed E-state index contributed by atoms with van der Waals surface area (Å²) in [6.45, 7) is 6.03. The van der Waals surface area contributed by atoms with Gasteiger partial charge in [0, 0.05) is 43.6 Å². The fourth-order valence-corrected chi connectivity index (χ4v) is 4.84. The third-order valence-electron chi connectivity index (χ3n) is 5.61. The third kappa shape index (κ3) is 5.58. The minimum Gasteiger partial charge on any atom is -0.377 e. The minimum atomic E-state index is -0.0876. The number of hydrogen-bond donors (Lipinski definition) is 1. The number of ether oxygens (including phenoxy) is 1. The molecule has 1 unspecified atom stereocenters. The standard InChI is InChI=1S/C23H30N6O2S/c1-16-12-17(2)29(27-16)14-18-6-4-7-19(13-18)22(30)24-10-9-21-25-26-23(28(21)3)32-15-20-8-5-11-31-20/h4,6-7,12-13,20H,5,8-11,14-15H2,1-3H3,(H,24,30). The summed E-state index contributed by atoms with van der Waals surface area (Å²) in [4.78, 5) is 12.7. The minimum absolute atomic E-state index is 0.0876. The number of rotatable bonds is 9. The van der Waals surface area contributed by atoms with Crippen LogP contribution in [0.2, 0.25) is 0 Å². The van der Waals surface area contributed by atoms with Crippen molar-refractivity contribution in [2.45, 2.75) is 50.9 Å². The van der Waals surface area contributed by atoms with Crippen molar-refractivity contribution in [3.05, 3.63) is 58.7 Å². The SMILES string of the molecule is Cc1cc(C)n(Cc2cccc(C(=O)NCCc3nnc(SCC4CCCO4)n3C)c2)n1. The van der Waals surface area contributed by atoms with Crippen molar-refractivity contribution in [2.75, 3.05) is 18.9 Å². The second kappa shape index (κ2) is 10.3. The van der Waals surface area contributed by atoms with E-state index < -0.39 is 0 Å². The summed E-state index contributed by atoms with van der Waals surface area (Å²) in [5.41, 5.74) is 3.79. The second-order valence-electron chi connectivity index (χ2n) is 8.19. The predicted molar refractivity (Wildman–Crippen MR) is 124 cm³/mol. The van der Waals surface area contributed by atoms with Gasteiger partial charge < -0.3 is 14.6 Å². The maximum atomic E-state index is 12.7.